The molecule has 0 aliphatic carbocycles. The summed E-state index contributed by atoms with van der Waals surface area (Å²) in [7, 11) is 0. The monoisotopic (exact) mass is 209 g/mol. The van der Waals surface area contributed by atoms with Crippen LogP contribution in [-0.4, -0.2) is 6.54 Å². The second kappa shape index (κ2) is 5.86. The zero-order valence-corrected chi connectivity index (χ0v) is 9.81. The smallest absolute Gasteiger partial charge is 0.126 e. The van der Waals surface area contributed by atoms with Crippen LogP contribution >= 0.6 is 0 Å². The van der Waals surface area contributed by atoms with E-state index < -0.39 is 0 Å². The summed E-state index contributed by atoms with van der Waals surface area (Å²) in [6.45, 7) is 7.02. The molecular weight excluding hydrogens is 189 g/mol. The van der Waals surface area contributed by atoms with Gasteiger partial charge in [0.15, 0.2) is 0 Å². The Morgan fingerprint density at radius 3 is 2.60 bits per heavy atom. The quantitative estimate of drug-likeness (QED) is 0.781. The van der Waals surface area contributed by atoms with Gasteiger partial charge in [0.05, 0.1) is 0 Å². The summed E-state index contributed by atoms with van der Waals surface area (Å²) in [5.74, 6) is -0.107. The summed E-state index contributed by atoms with van der Waals surface area (Å²) >= 11 is 0. The molecule has 0 radical (unpaired) electrons. The van der Waals surface area contributed by atoms with Gasteiger partial charge in [0, 0.05) is 6.04 Å². The number of hydrogen-bond acceptors (Lipinski definition) is 1. The van der Waals surface area contributed by atoms with Crippen LogP contribution in [0.25, 0.3) is 0 Å². The molecule has 0 aromatic heterocycles. The third-order valence-electron chi connectivity index (χ3n) is 2.65. The molecule has 2 heteroatoms. The van der Waals surface area contributed by atoms with Crippen LogP contribution in [0.4, 0.5) is 4.39 Å². The maximum Gasteiger partial charge on any atom is 0.126 e. The van der Waals surface area contributed by atoms with Crippen LogP contribution in [0.1, 0.15) is 43.9 Å². The van der Waals surface area contributed by atoms with Crippen LogP contribution < -0.4 is 5.32 Å². The van der Waals surface area contributed by atoms with Crippen LogP contribution in [0.5, 0.6) is 0 Å². The minimum absolute atomic E-state index is 0.107. The minimum atomic E-state index is -0.107. The van der Waals surface area contributed by atoms with Gasteiger partial charge in [-0.2, -0.15) is 0 Å². The average molecular weight is 209 g/mol. The van der Waals surface area contributed by atoms with Crippen molar-refractivity contribution in [2.75, 3.05) is 6.54 Å². The van der Waals surface area contributed by atoms with Gasteiger partial charge in [-0.1, -0.05) is 26.0 Å². The first-order valence-electron chi connectivity index (χ1n) is 5.68. The fourth-order valence-electron chi connectivity index (χ4n) is 1.64. The highest BCUT2D eigenvalue weighted by molar-refractivity contribution is 5.25. The topological polar surface area (TPSA) is 12.0 Å². The first kappa shape index (κ1) is 12.2. The molecule has 15 heavy (non-hydrogen) atoms. The molecule has 1 aromatic carbocycles. The van der Waals surface area contributed by atoms with Crippen LogP contribution in [0, 0.1) is 12.7 Å². The van der Waals surface area contributed by atoms with Gasteiger partial charge >= 0.3 is 0 Å². The van der Waals surface area contributed by atoms with Crippen molar-refractivity contribution in [3.63, 3.8) is 0 Å². The number of hydrogen-bond donors (Lipinski definition) is 1. The molecule has 1 N–H and O–H groups in total. The SMILES string of the molecule is CCCNC(CC)c1ccc(C)c(F)c1. The highest BCUT2D eigenvalue weighted by Gasteiger charge is 2.09. The Balaban J connectivity index is 2.78. The van der Waals surface area contributed by atoms with E-state index in [0.717, 1.165) is 24.9 Å². The molecule has 1 atom stereocenters. The number of halogens is 1. The van der Waals surface area contributed by atoms with Crippen LogP contribution in [-0.2, 0) is 0 Å². The molecular formula is C13H20FN. The summed E-state index contributed by atoms with van der Waals surface area (Å²) in [5, 5.41) is 3.42. The Labute approximate surface area is 91.7 Å². The lowest BCUT2D eigenvalue weighted by Gasteiger charge is -2.17. The van der Waals surface area contributed by atoms with Gasteiger partial charge in [0.2, 0.25) is 0 Å². The maximum absolute atomic E-state index is 13.4. The van der Waals surface area contributed by atoms with Crippen molar-refractivity contribution >= 4 is 0 Å². The van der Waals surface area contributed by atoms with Gasteiger partial charge in [-0.15, -0.1) is 0 Å². The van der Waals surface area contributed by atoms with Gasteiger partial charge in [0.25, 0.3) is 0 Å². The zero-order chi connectivity index (χ0) is 11.3. The zero-order valence-electron chi connectivity index (χ0n) is 9.81. The standard InChI is InChI=1S/C13H20FN/c1-4-8-15-13(5-2)11-7-6-10(3)12(14)9-11/h6-7,9,13,15H,4-5,8H2,1-3H3. The van der Waals surface area contributed by atoms with Gasteiger partial charge in [-0.25, -0.2) is 4.39 Å². The normalized spacial score (nSPS) is 12.8. The molecule has 1 unspecified atom stereocenters. The molecule has 0 saturated carbocycles. The molecule has 0 bridgehead atoms. The summed E-state index contributed by atoms with van der Waals surface area (Å²) in [6.07, 6.45) is 2.09. The highest BCUT2D eigenvalue weighted by Crippen LogP contribution is 2.19. The van der Waals surface area contributed by atoms with Gasteiger partial charge in [-0.3, -0.25) is 0 Å². The maximum atomic E-state index is 13.4. The molecule has 84 valence electrons. The van der Waals surface area contributed by atoms with Crippen molar-refractivity contribution in [2.45, 2.75) is 39.7 Å². The third-order valence-corrected chi connectivity index (χ3v) is 2.65. The molecule has 1 rings (SSSR count). The van der Waals surface area contributed by atoms with E-state index in [-0.39, 0.29) is 11.9 Å². The molecule has 0 saturated heterocycles. The second-order valence-corrected chi connectivity index (χ2v) is 3.92. The van der Waals surface area contributed by atoms with Crippen LogP contribution in [0.15, 0.2) is 18.2 Å². The molecule has 0 heterocycles. The largest absolute Gasteiger partial charge is 0.310 e. The second-order valence-electron chi connectivity index (χ2n) is 3.92. The van der Waals surface area contributed by atoms with Gasteiger partial charge < -0.3 is 5.32 Å². The third kappa shape index (κ3) is 3.31. The molecule has 1 aromatic rings. The summed E-state index contributed by atoms with van der Waals surface area (Å²) < 4.78 is 13.4. The van der Waals surface area contributed by atoms with E-state index in [2.05, 4.69) is 19.2 Å². The van der Waals surface area contributed by atoms with Crippen molar-refractivity contribution in [3.05, 3.63) is 35.1 Å². The highest BCUT2D eigenvalue weighted by atomic mass is 19.1. The van der Waals surface area contributed by atoms with E-state index in [1.165, 1.54) is 0 Å². The number of rotatable bonds is 5. The van der Waals surface area contributed by atoms with Crippen molar-refractivity contribution < 1.29 is 4.39 Å². The Morgan fingerprint density at radius 1 is 1.33 bits per heavy atom. The Bertz CT molecular complexity index is 309. The van der Waals surface area contributed by atoms with E-state index in [1.54, 1.807) is 13.0 Å². The van der Waals surface area contributed by atoms with E-state index in [9.17, 15) is 4.39 Å². The predicted octanol–water partition coefficient (Wildman–Crippen LogP) is 3.58. The summed E-state index contributed by atoms with van der Waals surface area (Å²) in [5.41, 5.74) is 1.76. The molecule has 1 nitrogen and oxygen atoms in total. The average Bonchev–Trinajstić information content (AvgIpc) is 2.24. The number of aryl methyl sites for hydroxylation is 1. The number of nitrogens with one attached hydrogen (secondary N) is 1. The van der Waals surface area contributed by atoms with Crippen LogP contribution in [0.3, 0.4) is 0 Å². The predicted molar refractivity (Wildman–Crippen MR) is 62.5 cm³/mol. The molecule has 0 amide bonds. The lowest BCUT2D eigenvalue weighted by Crippen LogP contribution is -2.21. The van der Waals surface area contributed by atoms with Crippen molar-refractivity contribution in [2.24, 2.45) is 0 Å². The van der Waals surface area contributed by atoms with E-state index in [1.807, 2.05) is 12.1 Å². The minimum Gasteiger partial charge on any atom is -0.310 e. The Morgan fingerprint density at radius 2 is 2.07 bits per heavy atom. The van der Waals surface area contributed by atoms with Gasteiger partial charge in [-0.05, 0) is 43.5 Å². The Hall–Kier alpha value is -0.890. The van der Waals surface area contributed by atoms with Crippen molar-refractivity contribution in [1.82, 2.24) is 5.32 Å². The van der Waals surface area contributed by atoms with E-state index >= 15 is 0 Å². The molecule has 0 spiro atoms. The molecule has 0 fully saturated rings. The first-order chi connectivity index (χ1) is 7.19. The molecule has 0 aliphatic rings. The Kier molecular flexibility index (Phi) is 4.76. The fourth-order valence-corrected chi connectivity index (χ4v) is 1.64. The lowest BCUT2D eigenvalue weighted by atomic mass is 10.0. The van der Waals surface area contributed by atoms with Gasteiger partial charge in [0.1, 0.15) is 5.82 Å². The van der Waals surface area contributed by atoms with Crippen LogP contribution in [0.2, 0.25) is 0 Å². The van der Waals surface area contributed by atoms with Crippen molar-refractivity contribution in [3.8, 4) is 0 Å². The van der Waals surface area contributed by atoms with Crippen molar-refractivity contribution in [1.29, 1.82) is 0 Å². The first-order valence-corrected chi connectivity index (χ1v) is 5.68. The summed E-state index contributed by atoms with van der Waals surface area (Å²) in [6, 6.07) is 5.78. The number of benzene rings is 1. The molecule has 0 aliphatic heterocycles. The fraction of sp³-hybridized carbons (Fsp3) is 0.538. The van der Waals surface area contributed by atoms with E-state index in [0.29, 0.717) is 5.56 Å². The lowest BCUT2D eigenvalue weighted by molar-refractivity contribution is 0.513. The summed E-state index contributed by atoms with van der Waals surface area (Å²) in [4.78, 5) is 0. The van der Waals surface area contributed by atoms with E-state index in [4.69, 9.17) is 0 Å².